The number of hydrogen-bond acceptors (Lipinski definition) is 3. The van der Waals surface area contributed by atoms with Crippen molar-refractivity contribution in [3.05, 3.63) is 102 Å². The lowest BCUT2D eigenvalue weighted by atomic mass is 9.89. The first-order chi connectivity index (χ1) is 14.1. The molecule has 0 saturated carbocycles. The summed E-state index contributed by atoms with van der Waals surface area (Å²) in [6.45, 7) is 4.13. The van der Waals surface area contributed by atoms with E-state index in [1.807, 2.05) is 89.6 Å². The van der Waals surface area contributed by atoms with E-state index in [9.17, 15) is 0 Å². The Bertz CT molecular complexity index is 1170. The van der Waals surface area contributed by atoms with Crippen molar-refractivity contribution < 1.29 is 0 Å². The maximum absolute atomic E-state index is 6.49. The lowest BCUT2D eigenvalue weighted by molar-refractivity contribution is 0.452. The molecule has 0 aliphatic carbocycles. The Hall–Kier alpha value is -3.02. The number of benzene rings is 3. The van der Waals surface area contributed by atoms with Crippen LogP contribution in [0.3, 0.4) is 0 Å². The van der Waals surface area contributed by atoms with Crippen LogP contribution in [0.5, 0.6) is 0 Å². The maximum atomic E-state index is 6.49. The van der Waals surface area contributed by atoms with Crippen molar-refractivity contribution in [1.29, 1.82) is 0 Å². The normalized spacial score (nSPS) is 13.0. The Kier molecular flexibility index (Phi) is 5.43. The van der Waals surface area contributed by atoms with Crippen molar-refractivity contribution in [3.63, 3.8) is 0 Å². The number of fused-ring (bicyclic) bond motifs is 1. The number of aromatic nitrogens is 3. The second kappa shape index (κ2) is 8.15. The molecule has 0 spiro atoms. The van der Waals surface area contributed by atoms with Crippen LogP contribution in [0.4, 0.5) is 5.69 Å². The predicted octanol–water partition coefficient (Wildman–Crippen LogP) is 5.65. The summed E-state index contributed by atoms with van der Waals surface area (Å²) in [5, 5.41) is 12.8. The van der Waals surface area contributed by atoms with Crippen LogP contribution >= 0.6 is 23.8 Å². The van der Waals surface area contributed by atoms with Gasteiger partial charge in [-0.1, -0.05) is 83.6 Å². The van der Waals surface area contributed by atoms with Gasteiger partial charge in [0.1, 0.15) is 16.0 Å². The molecule has 0 bridgehead atoms. The van der Waals surface area contributed by atoms with Gasteiger partial charge in [0.15, 0.2) is 0 Å². The van der Waals surface area contributed by atoms with E-state index in [0.717, 1.165) is 22.3 Å². The largest absolute Gasteiger partial charge is 0.348 e. The third kappa shape index (κ3) is 3.67. The summed E-state index contributed by atoms with van der Waals surface area (Å²) in [7, 11) is 0. The minimum absolute atomic E-state index is 0.488. The van der Waals surface area contributed by atoms with Gasteiger partial charge in [-0.05, 0) is 35.9 Å². The molecule has 1 aromatic heterocycles. The van der Waals surface area contributed by atoms with E-state index in [1.165, 1.54) is 0 Å². The number of para-hydroxylation sites is 2. The van der Waals surface area contributed by atoms with Gasteiger partial charge in [-0.15, -0.1) is 11.7 Å². The molecule has 0 amide bonds. The molecule has 1 N–H and O–H groups in total. The van der Waals surface area contributed by atoms with Crippen LogP contribution in [0, 0.1) is 0 Å². The first-order valence-corrected chi connectivity index (χ1v) is 9.97. The maximum Gasteiger partial charge on any atom is 0.137 e. The first-order valence-electron chi connectivity index (χ1n) is 9.18. The van der Waals surface area contributed by atoms with E-state index < -0.39 is 5.54 Å². The Morgan fingerprint density at radius 3 is 2.48 bits per heavy atom. The van der Waals surface area contributed by atoms with Gasteiger partial charge in [-0.3, -0.25) is 0 Å². The number of halogens is 1. The van der Waals surface area contributed by atoms with Crippen molar-refractivity contribution in [1.82, 2.24) is 15.0 Å². The predicted molar refractivity (Wildman–Crippen MR) is 124 cm³/mol. The van der Waals surface area contributed by atoms with Crippen molar-refractivity contribution in [2.24, 2.45) is 0 Å². The van der Waals surface area contributed by atoms with Gasteiger partial charge < -0.3 is 5.32 Å². The molecule has 144 valence electrons. The summed E-state index contributed by atoms with van der Waals surface area (Å²) in [5.41, 5.74) is 2.65. The molecule has 4 nitrogen and oxygen atoms in total. The highest BCUT2D eigenvalue weighted by molar-refractivity contribution is 7.80. The summed E-state index contributed by atoms with van der Waals surface area (Å²) >= 11 is 12.4. The van der Waals surface area contributed by atoms with Gasteiger partial charge in [0.2, 0.25) is 0 Å². The molecular formula is C23H19ClN4S. The summed E-state index contributed by atoms with van der Waals surface area (Å²) in [5.74, 6) is 0. The van der Waals surface area contributed by atoms with Crippen LogP contribution in [0.25, 0.3) is 11.0 Å². The Morgan fingerprint density at radius 2 is 1.72 bits per heavy atom. The van der Waals surface area contributed by atoms with Crippen LogP contribution in [-0.2, 0) is 12.0 Å². The molecule has 1 heterocycles. The van der Waals surface area contributed by atoms with Crippen LogP contribution in [0.2, 0.25) is 5.02 Å². The van der Waals surface area contributed by atoms with Crippen molar-refractivity contribution >= 4 is 45.5 Å². The SMILES string of the molecule is C=CC(Cc1ccccc1Cl)(C(=S)Nc1ccccc1)n1nnc2ccccc21. The second-order valence-corrected chi connectivity index (χ2v) is 7.52. The van der Waals surface area contributed by atoms with Gasteiger partial charge in [0.25, 0.3) is 0 Å². The molecule has 3 aromatic carbocycles. The van der Waals surface area contributed by atoms with E-state index in [1.54, 1.807) is 0 Å². The highest BCUT2D eigenvalue weighted by Gasteiger charge is 2.37. The molecule has 4 rings (SSSR count). The minimum Gasteiger partial charge on any atom is -0.348 e. The minimum atomic E-state index is -0.855. The van der Waals surface area contributed by atoms with Crippen LogP contribution in [0.15, 0.2) is 91.5 Å². The lowest BCUT2D eigenvalue weighted by Crippen LogP contribution is -2.45. The van der Waals surface area contributed by atoms with Gasteiger partial charge in [0.05, 0.1) is 5.52 Å². The fourth-order valence-corrected chi connectivity index (χ4v) is 3.92. The molecule has 4 aromatic rings. The molecule has 0 aliphatic heterocycles. The summed E-state index contributed by atoms with van der Waals surface area (Å²) in [6, 6.07) is 25.3. The van der Waals surface area contributed by atoms with Crippen molar-refractivity contribution in [3.8, 4) is 0 Å². The number of rotatable bonds is 6. The molecule has 0 saturated heterocycles. The smallest absolute Gasteiger partial charge is 0.137 e. The van der Waals surface area contributed by atoms with Crippen molar-refractivity contribution in [2.75, 3.05) is 5.32 Å². The van der Waals surface area contributed by atoms with Gasteiger partial charge in [-0.2, -0.15) is 0 Å². The standard InChI is InChI=1S/C23H19ClN4S/c1-2-23(16-17-10-6-7-13-19(17)24,22(29)25-18-11-4-3-5-12-18)28-21-15-9-8-14-20(21)26-27-28/h2-15H,1,16H2,(H,25,29). The monoisotopic (exact) mass is 418 g/mol. The molecule has 0 fully saturated rings. The lowest BCUT2D eigenvalue weighted by Gasteiger charge is -2.33. The highest BCUT2D eigenvalue weighted by Crippen LogP contribution is 2.32. The molecule has 0 aliphatic rings. The summed E-state index contributed by atoms with van der Waals surface area (Å²) in [4.78, 5) is 0.564. The molecule has 1 atom stereocenters. The quantitative estimate of drug-likeness (QED) is 0.324. The van der Waals surface area contributed by atoms with Gasteiger partial charge >= 0.3 is 0 Å². The zero-order chi connectivity index (χ0) is 20.3. The van der Waals surface area contributed by atoms with Gasteiger partial charge in [-0.25, -0.2) is 4.68 Å². The second-order valence-electron chi connectivity index (χ2n) is 6.71. The van der Waals surface area contributed by atoms with E-state index in [4.69, 9.17) is 23.8 Å². The number of thiocarbonyl (C=S) groups is 1. The third-order valence-electron chi connectivity index (χ3n) is 4.91. The zero-order valence-corrected chi connectivity index (χ0v) is 17.2. The molecule has 0 radical (unpaired) electrons. The molecule has 1 unspecified atom stereocenters. The van der Waals surface area contributed by atoms with E-state index >= 15 is 0 Å². The molecule has 29 heavy (non-hydrogen) atoms. The average molecular weight is 419 g/mol. The van der Waals surface area contributed by atoms with E-state index in [-0.39, 0.29) is 0 Å². The Labute approximate surface area is 179 Å². The summed E-state index contributed by atoms with van der Waals surface area (Å²) in [6.07, 6.45) is 2.30. The van der Waals surface area contributed by atoms with E-state index in [2.05, 4.69) is 22.2 Å². The number of anilines is 1. The Morgan fingerprint density at radius 1 is 1.03 bits per heavy atom. The van der Waals surface area contributed by atoms with Crippen molar-refractivity contribution in [2.45, 2.75) is 12.0 Å². The number of nitrogens with one attached hydrogen (secondary N) is 1. The third-order valence-corrected chi connectivity index (χ3v) is 5.73. The topological polar surface area (TPSA) is 42.7 Å². The Balaban J connectivity index is 1.86. The zero-order valence-electron chi connectivity index (χ0n) is 15.6. The fraction of sp³-hybridized carbons (Fsp3) is 0.0870. The van der Waals surface area contributed by atoms with Crippen LogP contribution in [0.1, 0.15) is 5.56 Å². The molecular weight excluding hydrogens is 400 g/mol. The van der Waals surface area contributed by atoms with Gasteiger partial charge in [0, 0.05) is 17.1 Å². The van der Waals surface area contributed by atoms with Crippen LogP contribution in [-0.4, -0.2) is 20.0 Å². The summed E-state index contributed by atoms with van der Waals surface area (Å²) < 4.78 is 1.83. The fourth-order valence-electron chi connectivity index (χ4n) is 3.36. The number of nitrogens with zero attached hydrogens (tertiary/aromatic N) is 3. The molecule has 6 heteroatoms. The number of hydrogen-bond donors (Lipinski definition) is 1. The first kappa shape index (κ1) is 19.3. The highest BCUT2D eigenvalue weighted by atomic mass is 35.5. The average Bonchev–Trinajstić information content (AvgIpc) is 3.19. The van der Waals surface area contributed by atoms with Crippen LogP contribution < -0.4 is 5.32 Å². The van der Waals surface area contributed by atoms with E-state index in [0.29, 0.717) is 16.4 Å².